The topological polar surface area (TPSA) is 95.5 Å². The fourth-order valence-corrected chi connectivity index (χ4v) is 4.55. The number of nitrogens with zero attached hydrogens (tertiary/aromatic N) is 2. The number of carbonyl (C=O) groups is 2. The standard InChI is InChI=1S/C30H29N3O4/c1-20-3-2-4-22(13-20)15-25(35)14-21-5-7-26(8-6-21)37-27-9-11-31-29(17-27)28-16-23(18-32-28)30(36)33-12-10-24(34)19-33/h2-9,11,13,16-18,24,32,34H,10,12,14-15,19H2,1H3/t24-/m1/s1. The predicted molar refractivity (Wildman–Crippen MR) is 141 cm³/mol. The molecule has 2 aromatic heterocycles. The molecule has 3 heterocycles. The van der Waals surface area contributed by atoms with E-state index in [1.54, 1.807) is 35.5 Å². The summed E-state index contributed by atoms with van der Waals surface area (Å²) in [5.41, 5.74) is 5.01. The number of benzene rings is 2. The number of carbonyl (C=O) groups excluding carboxylic acids is 2. The first kappa shape index (κ1) is 24.5. The van der Waals surface area contributed by atoms with Gasteiger partial charge in [-0.2, -0.15) is 0 Å². The number of ether oxygens (including phenoxy) is 1. The minimum atomic E-state index is -0.453. The van der Waals surface area contributed by atoms with Crippen molar-refractivity contribution in [3.63, 3.8) is 0 Å². The van der Waals surface area contributed by atoms with Crippen molar-refractivity contribution in [3.05, 3.63) is 101 Å². The Labute approximate surface area is 215 Å². The van der Waals surface area contributed by atoms with E-state index in [1.807, 2.05) is 55.5 Å². The minimum Gasteiger partial charge on any atom is -0.457 e. The summed E-state index contributed by atoms with van der Waals surface area (Å²) in [5.74, 6) is 1.33. The minimum absolute atomic E-state index is 0.107. The van der Waals surface area contributed by atoms with Gasteiger partial charge in [0.15, 0.2) is 0 Å². The predicted octanol–water partition coefficient (Wildman–Crippen LogP) is 4.74. The average Bonchev–Trinajstić information content (AvgIpc) is 3.55. The molecule has 0 unspecified atom stereocenters. The van der Waals surface area contributed by atoms with Crippen LogP contribution < -0.4 is 4.74 Å². The molecule has 188 valence electrons. The Hall–Kier alpha value is -4.23. The molecule has 1 amide bonds. The number of H-pyrrole nitrogens is 1. The highest BCUT2D eigenvalue weighted by molar-refractivity contribution is 5.95. The Morgan fingerprint density at radius 2 is 1.84 bits per heavy atom. The van der Waals surface area contributed by atoms with Gasteiger partial charge in [0.1, 0.15) is 17.3 Å². The van der Waals surface area contributed by atoms with Gasteiger partial charge in [-0.05, 0) is 48.7 Å². The molecule has 0 spiro atoms. The smallest absolute Gasteiger partial charge is 0.255 e. The maximum atomic E-state index is 12.7. The highest BCUT2D eigenvalue weighted by atomic mass is 16.5. The number of aliphatic hydroxyl groups excluding tert-OH is 1. The van der Waals surface area contributed by atoms with E-state index in [9.17, 15) is 14.7 Å². The van der Waals surface area contributed by atoms with Gasteiger partial charge in [0.05, 0.1) is 23.1 Å². The number of nitrogens with one attached hydrogen (secondary N) is 1. The van der Waals surface area contributed by atoms with Crippen LogP contribution in [0.2, 0.25) is 0 Å². The van der Waals surface area contributed by atoms with Gasteiger partial charge in [0.2, 0.25) is 0 Å². The van der Waals surface area contributed by atoms with Crippen LogP contribution in [0.3, 0.4) is 0 Å². The van der Waals surface area contributed by atoms with Gasteiger partial charge in [-0.1, -0.05) is 42.0 Å². The summed E-state index contributed by atoms with van der Waals surface area (Å²) in [6.07, 6.45) is 4.27. The molecule has 1 fully saturated rings. The summed E-state index contributed by atoms with van der Waals surface area (Å²) >= 11 is 0. The van der Waals surface area contributed by atoms with E-state index in [1.165, 1.54) is 0 Å². The Morgan fingerprint density at radius 3 is 2.59 bits per heavy atom. The van der Waals surface area contributed by atoms with Crippen molar-refractivity contribution in [2.24, 2.45) is 0 Å². The van der Waals surface area contributed by atoms with Crippen molar-refractivity contribution in [1.82, 2.24) is 14.9 Å². The Kier molecular flexibility index (Phi) is 7.14. The van der Waals surface area contributed by atoms with Crippen LogP contribution in [0, 0.1) is 6.92 Å². The zero-order valence-electron chi connectivity index (χ0n) is 20.7. The van der Waals surface area contributed by atoms with Crippen molar-refractivity contribution in [3.8, 4) is 22.9 Å². The number of ketones is 1. The lowest BCUT2D eigenvalue weighted by molar-refractivity contribution is -0.117. The first-order valence-electron chi connectivity index (χ1n) is 12.4. The number of likely N-dealkylation sites (tertiary alicyclic amines) is 1. The molecule has 0 aliphatic carbocycles. The fourth-order valence-electron chi connectivity index (χ4n) is 4.55. The van der Waals surface area contributed by atoms with Gasteiger partial charge >= 0.3 is 0 Å². The summed E-state index contributed by atoms with van der Waals surface area (Å²) in [6, 6.07) is 20.9. The van der Waals surface area contributed by atoms with Gasteiger partial charge in [-0.25, -0.2) is 0 Å². The lowest BCUT2D eigenvalue weighted by atomic mass is 10.0. The molecule has 7 heteroatoms. The number of aromatic amines is 1. The Morgan fingerprint density at radius 1 is 1.03 bits per heavy atom. The number of β-amino-alcohol motifs (C(OH)–C–C–N with tert-alkyl or cyclic N) is 1. The van der Waals surface area contributed by atoms with E-state index in [2.05, 4.69) is 9.97 Å². The van der Waals surface area contributed by atoms with Crippen molar-refractivity contribution in [1.29, 1.82) is 0 Å². The normalized spacial score (nSPS) is 15.1. The second kappa shape index (κ2) is 10.8. The highest BCUT2D eigenvalue weighted by Gasteiger charge is 2.26. The average molecular weight is 496 g/mol. The van der Waals surface area contributed by atoms with Crippen LogP contribution >= 0.6 is 0 Å². The van der Waals surface area contributed by atoms with Crippen LogP contribution in [-0.2, 0) is 17.6 Å². The number of pyridine rings is 1. The number of hydrogen-bond acceptors (Lipinski definition) is 5. The quantitative estimate of drug-likeness (QED) is 0.368. The van der Waals surface area contributed by atoms with Crippen LogP contribution in [0.15, 0.2) is 79.1 Å². The molecule has 37 heavy (non-hydrogen) atoms. The third-order valence-electron chi connectivity index (χ3n) is 6.43. The van der Waals surface area contributed by atoms with E-state index in [-0.39, 0.29) is 11.7 Å². The molecule has 1 saturated heterocycles. The van der Waals surface area contributed by atoms with Gasteiger partial charge in [0.25, 0.3) is 5.91 Å². The van der Waals surface area contributed by atoms with Crippen LogP contribution in [0.1, 0.15) is 33.5 Å². The highest BCUT2D eigenvalue weighted by Crippen LogP contribution is 2.26. The van der Waals surface area contributed by atoms with Crippen molar-refractivity contribution >= 4 is 11.7 Å². The molecule has 1 aliphatic heterocycles. The van der Waals surface area contributed by atoms with E-state index < -0.39 is 6.10 Å². The number of Topliss-reactive ketones (excluding diaryl/α,β-unsaturated/α-hetero) is 1. The van der Waals surface area contributed by atoms with Gasteiger partial charge in [-0.3, -0.25) is 14.6 Å². The molecule has 2 N–H and O–H groups in total. The Balaban J connectivity index is 1.20. The lowest BCUT2D eigenvalue weighted by Gasteiger charge is -2.13. The van der Waals surface area contributed by atoms with Crippen molar-refractivity contribution < 1.29 is 19.4 Å². The monoisotopic (exact) mass is 495 g/mol. The van der Waals surface area contributed by atoms with E-state index in [4.69, 9.17) is 4.74 Å². The largest absolute Gasteiger partial charge is 0.457 e. The number of amides is 1. The summed E-state index contributed by atoms with van der Waals surface area (Å²) in [7, 11) is 0. The molecule has 2 aromatic carbocycles. The van der Waals surface area contributed by atoms with E-state index >= 15 is 0 Å². The maximum Gasteiger partial charge on any atom is 0.255 e. The molecule has 0 bridgehead atoms. The second-order valence-electron chi connectivity index (χ2n) is 9.50. The molecular formula is C30H29N3O4. The molecule has 7 nitrogen and oxygen atoms in total. The first-order chi connectivity index (χ1) is 17.9. The summed E-state index contributed by atoms with van der Waals surface area (Å²) in [4.78, 5) is 34.3. The zero-order chi connectivity index (χ0) is 25.8. The van der Waals surface area contributed by atoms with Gasteiger partial charge in [-0.15, -0.1) is 0 Å². The summed E-state index contributed by atoms with van der Waals surface area (Å²) in [5, 5.41) is 9.71. The molecule has 0 saturated carbocycles. The molecule has 1 atom stereocenters. The fraction of sp³-hybridized carbons (Fsp3) is 0.233. The number of aromatic nitrogens is 2. The Bertz CT molecular complexity index is 1410. The number of aryl methyl sites for hydroxylation is 1. The lowest BCUT2D eigenvalue weighted by Crippen LogP contribution is -2.29. The summed E-state index contributed by atoms with van der Waals surface area (Å²) < 4.78 is 6.01. The molecule has 4 aromatic rings. The summed E-state index contributed by atoms with van der Waals surface area (Å²) in [6.45, 7) is 2.94. The van der Waals surface area contributed by atoms with Crippen LogP contribution in [0.25, 0.3) is 11.4 Å². The zero-order valence-corrected chi connectivity index (χ0v) is 20.7. The van der Waals surface area contributed by atoms with Crippen molar-refractivity contribution in [2.75, 3.05) is 13.1 Å². The van der Waals surface area contributed by atoms with Crippen LogP contribution in [0.4, 0.5) is 0 Å². The molecule has 0 radical (unpaired) electrons. The van der Waals surface area contributed by atoms with E-state index in [0.717, 1.165) is 16.7 Å². The third-order valence-corrected chi connectivity index (χ3v) is 6.43. The number of aliphatic hydroxyl groups is 1. The van der Waals surface area contributed by atoms with Crippen LogP contribution in [-0.4, -0.2) is 50.9 Å². The molecule has 1 aliphatic rings. The number of hydrogen-bond donors (Lipinski definition) is 2. The molecular weight excluding hydrogens is 466 g/mol. The third kappa shape index (κ3) is 6.13. The SMILES string of the molecule is Cc1cccc(CC(=O)Cc2ccc(Oc3ccnc(-c4cc(C(=O)N5CC[C@@H](O)C5)c[nH]4)c3)cc2)c1. The molecule has 5 rings (SSSR count). The second-order valence-corrected chi connectivity index (χ2v) is 9.50. The maximum absolute atomic E-state index is 12.7. The van der Waals surface area contributed by atoms with Crippen LogP contribution in [0.5, 0.6) is 11.5 Å². The van der Waals surface area contributed by atoms with Gasteiger partial charge < -0.3 is 19.7 Å². The van der Waals surface area contributed by atoms with E-state index in [0.29, 0.717) is 60.8 Å². The van der Waals surface area contributed by atoms with Gasteiger partial charge in [0, 0.05) is 44.4 Å². The first-order valence-corrected chi connectivity index (χ1v) is 12.4. The van der Waals surface area contributed by atoms with Crippen molar-refractivity contribution in [2.45, 2.75) is 32.3 Å². The number of rotatable bonds is 8.